The largest absolute Gasteiger partial charge is 0.345 e. The number of ketones is 2. The lowest BCUT2D eigenvalue weighted by Gasteiger charge is -2.08. The summed E-state index contributed by atoms with van der Waals surface area (Å²) in [6.07, 6.45) is 3.42. The standard InChI is InChI=1S/C16H19NO3S/c1-21-10-9-13(18)14-15(19)12(17-16(14)20)8-7-11-5-3-2-4-6-11/h2-6,12,14H,7-10H2,1H3,(H,17,20). The van der Waals surface area contributed by atoms with E-state index in [0.717, 1.165) is 5.56 Å². The van der Waals surface area contributed by atoms with Gasteiger partial charge in [0.1, 0.15) is 0 Å². The smallest absolute Gasteiger partial charge is 0.238 e. The zero-order valence-corrected chi connectivity index (χ0v) is 12.8. The van der Waals surface area contributed by atoms with E-state index in [1.54, 1.807) is 0 Å². The molecule has 1 aliphatic heterocycles. The molecular weight excluding hydrogens is 286 g/mol. The fraction of sp³-hybridized carbons (Fsp3) is 0.438. The normalized spacial score (nSPS) is 21.4. The summed E-state index contributed by atoms with van der Waals surface area (Å²) in [4.78, 5) is 36.0. The van der Waals surface area contributed by atoms with Crippen LogP contribution in [-0.4, -0.2) is 35.5 Å². The van der Waals surface area contributed by atoms with Gasteiger partial charge in [-0.1, -0.05) is 30.3 Å². The minimum absolute atomic E-state index is 0.255. The van der Waals surface area contributed by atoms with Gasteiger partial charge in [-0.2, -0.15) is 11.8 Å². The highest BCUT2D eigenvalue weighted by Gasteiger charge is 2.44. The molecule has 1 aromatic carbocycles. The van der Waals surface area contributed by atoms with Crippen LogP contribution in [0.4, 0.5) is 0 Å². The number of amides is 1. The van der Waals surface area contributed by atoms with E-state index in [1.165, 1.54) is 11.8 Å². The van der Waals surface area contributed by atoms with Crippen LogP contribution in [0.25, 0.3) is 0 Å². The van der Waals surface area contributed by atoms with Crippen LogP contribution in [0.15, 0.2) is 30.3 Å². The minimum Gasteiger partial charge on any atom is -0.345 e. The molecule has 1 amide bonds. The van der Waals surface area contributed by atoms with E-state index in [2.05, 4.69) is 5.32 Å². The molecule has 0 radical (unpaired) electrons. The molecular formula is C16H19NO3S. The molecule has 1 saturated heterocycles. The van der Waals surface area contributed by atoms with Gasteiger partial charge in [0.25, 0.3) is 0 Å². The third-order valence-corrected chi connectivity index (χ3v) is 4.26. The van der Waals surface area contributed by atoms with Crippen molar-refractivity contribution in [3.63, 3.8) is 0 Å². The number of thioether (sulfide) groups is 1. The lowest BCUT2D eigenvalue weighted by atomic mass is 9.94. The first kappa shape index (κ1) is 15.8. The van der Waals surface area contributed by atoms with Crippen molar-refractivity contribution in [2.75, 3.05) is 12.0 Å². The van der Waals surface area contributed by atoms with Crippen LogP contribution < -0.4 is 5.32 Å². The number of carbonyl (C=O) groups excluding carboxylic acids is 3. The molecule has 2 atom stereocenters. The fourth-order valence-corrected chi connectivity index (χ4v) is 2.88. The zero-order valence-electron chi connectivity index (χ0n) is 12.0. The van der Waals surface area contributed by atoms with Crippen molar-refractivity contribution in [3.8, 4) is 0 Å². The van der Waals surface area contributed by atoms with Gasteiger partial charge in [0.05, 0.1) is 6.04 Å². The summed E-state index contributed by atoms with van der Waals surface area (Å²) in [5, 5.41) is 2.67. The predicted molar refractivity (Wildman–Crippen MR) is 83.2 cm³/mol. The highest BCUT2D eigenvalue weighted by molar-refractivity contribution is 7.98. The highest BCUT2D eigenvalue weighted by atomic mass is 32.2. The van der Waals surface area contributed by atoms with Crippen LogP contribution in [0.1, 0.15) is 18.4 Å². The Bertz CT molecular complexity index is 530. The summed E-state index contributed by atoms with van der Waals surface area (Å²) in [6, 6.07) is 9.27. The molecule has 2 rings (SSSR count). The molecule has 0 aliphatic carbocycles. The third kappa shape index (κ3) is 3.94. The van der Waals surface area contributed by atoms with E-state index in [9.17, 15) is 14.4 Å². The van der Waals surface area contributed by atoms with Gasteiger partial charge < -0.3 is 5.32 Å². The maximum Gasteiger partial charge on any atom is 0.238 e. The fourth-order valence-electron chi connectivity index (χ4n) is 2.48. The number of Topliss-reactive ketones (excluding diaryl/α,β-unsaturated/α-hetero) is 2. The molecule has 1 N–H and O–H groups in total. The Balaban J connectivity index is 1.93. The van der Waals surface area contributed by atoms with Crippen LogP contribution >= 0.6 is 11.8 Å². The average molecular weight is 305 g/mol. The Morgan fingerprint density at radius 2 is 1.95 bits per heavy atom. The van der Waals surface area contributed by atoms with Gasteiger partial charge in [0, 0.05) is 6.42 Å². The number of rotatable bonds is 7. The number of hydrogen-bond donors (Lipinski definition) is 1. The molecule has 1 aliphatic rings. The first-order valence-electron chi connectivity index (χ1n) is 7.03. The van der Waals surface area contributed by atoms with Crippen LogP contribution in [0.2, 0.25) is 0 Å². The first-order valence-corrected chi connectivity index (χ1v) is 8.42. The average Bonchev–Trinajstić information content (AvgIpc) is 2.78. The number of aryl methyl sites for hydroxylation is 1. The predicted octanol–water partition coefficient (Wildman–Crippen LogP) is 1.63. The second-order valence-corrected chi connectivity index (χ2v) is 6.12. The molecule has 21 heavy (non-hydrogen) atoms. The van der Waals surface area contributed by atoms with Gasteiger partial charge >= 0.3 is 0 Å². The van der Waals surface area contributed by atoms with Gasteiger partial charge in [-0.25, -0.2) is 0 Å². The second-order valence-electron chi connectivity index (χ2n) is 5.13. The lowest BCUT2D eigenvalue weighted by molar-refractivity contribution is -0.136. The molecule has 4 nitrogen and oxygen atoms in total. The maximum atomic E-state index is 12.2. The number of benzene rings is 1. The minimum atomic E-state index is -1.09. The molecule has 0 spiro atoms. The molecule has 2 unspecified atom stereocenters. The Labute approximate surface area is 128 Å². The van der Waals surface area contributed by atoms with Crippen LogP contribution in [0.5, 0.6) is 0 Å². The van der Waals surface area contributed by atoms with E-state index < -0.39 is 17.9 Å². The first-order chi connectivity index (χ1) is 10.1. The maximum absolute atomic E-state index is 12.2. The SMILES string of the molecule is CSCCC(=O)C1C(=O)NC(CCc2ccccc2)C1=O. The quantitative estimate of drug-likeness (QED) is 0.778. The Hall–Kier alpha value is -1.62. The summed E-state index contributed by atoms with van der Waals surface area (Å²) in [7, 11) is 0. The van der Waals surface area contributed by atoms with E-state index >= 15 is 0 Å². The van der Waals surface area contributed by atoms with Gasteiger partial charge in [-0.15, -0.1) is 0 Å². The van der Waals surface area contributed by atoms with Crippen molar-refractivity contribution in [2.24, 2.45) is 5.92 Å². The Kier molecular flexibility index (Phi) is 5.56. The van der Waals surface area contributed by atoms with E-state index in [1.807, 2.05) is 36.6 Å². The van der Waals surface area contributed by atoms with Crippen molar-refractivity contribution >= 4 is 29.2 Å². The van der Waals surface area contributed by atoms with Gasteiger partial charge in [0.2, 0.25) is 5.91 Å². The van der Waals surface area contributed by atoms with Crippen LogP contribution in [0.3, 0.4) is 0 Å². The van der Waals surface area contributed by atoms with E-state index in [-0.39, 0.29) is 18.0 Å². The van der Waals surface area contributed by atoms with Crippen molar-refractivity contribution in [3.05, 3.63) is 35.9 Å². The summed E-state index contributed by atoms with van der Waals surface area (Å²) in [5.41, 5.74) is 1.12. The van der Waals surface area contributed by atoms with Crippen LogP contribution in [0, 0.1) is 5.92 Å². The molecule has 0 aromatic heterocycles. The van der Waals surface area contributed by atoms with Crippen molar-refractivity contribution in [1.82, 2.24) is 5.32 Å². The van der Waals surface area contributed by atoms with Crippen molar-refractivity contribution in [1.29, 1.82) is 0 Å². The molecule has 112 valence electrons. The molecule has 0 bridgehead atoms. The van der Waals surface area contributed by atoms with Gasteiger partial charge in [-0.05, 0) is 30.4 Å². The number of hydrogen-bond acceptors (Lipinski definition) is 4. The summed E-state index contributed by atoms with van der Waals surface area (Å²) in [5.74, 6) is -1.39. The van der Waals surface area contributed by atoms with Gasteiger partial charge in [-0.3, -0.25) is 14.4 Å². The van der Waals surface area contributed by atoms with E-state index in [4.69, 9.17) is 0 Å². The summed E-state index contributed by atoms with van der Waals surface area (Å²) >= 11 is 1.54. The van der Waals surface area contributed by atoms with Crippen molar-refractivity contribution in [2.45, 2.75) is 25.3 Å². The number of carbonyl (C=O) groups is 3. The Morgan fingerprint density at radius 3 is 2.62 bits per heavy atom. The second kappa shape index (κ2) is 7.41. The molecule has 1 heterocycles. The summed E-state index contributed by atoms with van der Waals surface area (Å²) in [6.45, 7) is 0. The zero-order chi connectivity index (χ0) is 15.2. The highest BCUT2D eigenvalue weighted by Crippen LogP contribution is 2.19. The topological polar surface area (TPSA) is 63.2 Å². The van der Waals surface area contributed by atoms with Crippen molar-refractivity contribution < 1.29 is 14.4 Å². The lowest BCUT2D eigenvalue weighted by Crippen LogP contribution is -2.29. The Morgan fingerprint density at radius 1 is 1.24 bits per heavy atom. The van der Waals surface area contributed by atoms with Gasteiger partial charge in [0.15, 0.2) is 17.5 Å². The molecule has 5 heteroatoms. The van der Waals surface area contributed by atoms with E-state index in [0.29, 0.717) is 18.6 Å². The number of nitrogens with one attached hydrogen (secondary N) is 1. The molecule has 1 fully saturated rings. The third-order valence-electron chi connectivity index (χ3n) is 3.65. The summed E-state index contributed by atoms with van der Waals surface area (Å²) < 4.78 is 0. The molecule has 0 saturated carbocycles. The van der Waals surface area contributed by atoms with Crippen LogP contribution in [-0.2, 0) is 20.8 Å². The molecule has 1 aromatic rings. The monoisotopic (exact) mass is 305 g/mol.